The van der Waals surface area contributed by atoms with E-state index in [4.69, 9.17) is 9.47 Å². The lowest BCUT2D eigenvalue weighted by atomic mass is 10.1. The van der Waals surface area contributed by atoms with Crippen LogP contribution in [0.4, 0.5) is 21.0 Å². The molecule has 0 saturated carbocycles. The van der Waals surface area contributed by atoms with E-state index in [2.05, 4.69) is 25.9 Å². The summed E-state index contributed by atoms with van der Waals surface area (Å²) in [4.78, 5) is 31.2. The normalized spacial score (nSPS) is 15.2. The molecule has 10 nitrogen and oxygen atoms in total. The number of aromatic hydroxyl groups is 1. The van der Waals surface area contributed by atoms with Crippen LogP contribution in [0, 0.1) is 0 Å². The Morgan fingerprint density at radius 2 is 2.03 bits per heavy atom. The number of alkyl carbamates (subject to hydrolysis) is 1. The van der Waals surface area contributed by atoms with Crippen LogP contribution in [0.15, 0.2) is 55.0 Å². The number of benzene rings is 2. The zero-order valence-electron chi connectivity index (χ0n) is 17.1. The first-order chi connectivity index (χ1) is 15.6. The van der Waals surface area contributed by atoms with Crippen molar-refractivity contribution in [2.45, 2.75) is 19.1 Å². The second-order valence-electron chi connectivity index (χ2n) is 7.21. The fourth-order valence-corrected chi connectivity index (χ4v) is 3.26. The molecular weight excluding hydrogens is 414 g/mol. The number of nitrogens with zero attached hydrogens (tertiary/aromatic N) is 1. The number of aromatic nitrogens is 2. The lowest BCUT2D eigenvalue weighted by molar-refractivity contribution is 0.0828. The van der Waals surface area contributed by atoms with Gasteiger partial charge in [-0.3, -0.25) is 0 Å². The van der Waals surface area contributed by atoms with Crippen LogP contribution in [-0.4, -0.2) is 46.5 Å². The number of ether oxygens (including phenoxy) is 2. The summed E-state index contributed by atoms with van der Waals surface area (Å²) in [7, 11) is 0. The van der Waals surface area contributed by atoms with Crippen molar-refractivity contribution in [3.63, 3.8) is 0 Å². The van der Waals surface area contributed by atoms with Crippen molar-refractivity contribution in [3.8, 4) is 17.0 Å². The van der Waals surface area contributed by atoms with Gasteiger partial charge in [0.2, 0.25) is 0 Å². The van der Waals surface area contributed by atoms with Crippen LogP contribution in [0.2, 0.25) is 0 Å². The third-order valence-electron chi connectivity index (χ3n) is 4.81. The fourth-order valence-electron chi connectivity index (χ4n) is 3.26. The molecule has 1 aliphatic heterocycles. The standard InChI is InChI=1S/C22H23N5O5/c28-20-9-16(4-5-18(20)19-11-23-13-25-19)27-21(29)26-15-3-1-2-14(8-15)10-24-22(30)32-17-6-7-31-12-17/h1-5,8-9,11,13,17,28H,6-7,10,12H2,(H,23,25)(H,24,30)(H2,26,27,29)/t17-/m0/s1. The van der Waals surface area contributed by atoms with Gasteiger partial charge in [-0.25, -0.2) is 14.6 Å². The van der Waals surface area contributed by atoms with Crippen LogP contribution >= 0.6 is 0 Å². The van der Waals surface area contributed by atoms with Crippen molar-refractivity contribution >= 4 is 23.5 Å². The van der Waals surface area contributed by atoms with Gasteiger partial charge in [0, 0.05) is 42.2 Å². The van der Waals surface area contributed by atoms with Gasteiger partial charge in [0.1, 0.15) is 11.9 Å². The number of carbonyl (C=O) groups excluding carboxylic acids is 2. The molecule has 1 atom stereocenters. The van der Waals surface area contributed by atoms with E-state index >= 15 is 0 Å². The van der Waals surface area contributed by atoms with E-state index in [0.29, 0.717) is 42.3 Å². The van der Waals surface area contributed by atoms with Gasteiger partial charge in [-0.05, 0) is 29.8 Å². The quantitative estimate of drug-likeness (QED) is 0.401. The van der Waals surface area contributed by atoms with Gasteiger partial charge >= 0.3 is 12.1 Å². The van der Waals surface area contributed by atoms with Crippen molar-refractivity contribution in [3.05, 3.63) is 60.6 Å². The third-order valence-corrected chi connectivity index (χ3v) is 4.81. The molecule has 0 unspecified atom stereocenters. The van der Waals surface area contributed by atoms with E-state index in [-0.39, 0.29) is 18.4 Å². The topological polar surface area (TPSA) is 138 Å². The smallest absolute Gasteiger partial charge is 0.407 e. The molecule has 2 heterocycles. The highest BCUT2D eigenvalue weighted by Gasteiger charge is 2.19. The van der Waals surface area contributed by atoms with Crippen LogP contribution in [0.5, 0.6) is 5.75 Å². The van der Waals surface area contributed by atoms with Crippen LogP contribution in [0.25, 0.3) is 11.3 Å². The maximum atomic E-state index is 12.4. The highest BCUT2D eigenvalue weighted by Crippen LogP contribution is 2.30. The molecule has 0 spiro atoms. The van der Waals surface area contributed by atoms with Crippen LogP contribution in [0.1, 0.15) is 12.0 Å². The number of amides is 3. The second-order valence-corrected chi connectivity index (χ2v) is 7.21. The Bertz CT molecular complexity index is 1080. The molecule has 0 bridgehead atoms. The molecule has 166 valence electrons. The fraction of sp³-hybridized carbons (Fsp3) is 0.227. The van der Waals surface area contributed by atoms with Gasteiger partial charge in [-0.15, -0.1) is 0 Å². The number of nitrogens with one attached hydrogen (secondary N) is 4. The van der Waals surface area contributed by atoms with E-state index in [1.807, 2.05) is 6.07 Å². The Balaban J connectivity index is 1.29. The SMILES string of the molecule is O=C(Nc1cccc(CNC(=O)O[C@H]2CCOC2)c1)Nc1ccc(-c2c[nH]cn2)c(O)c1. The number of hydrogen-bond donors (Lipinski definition) is 5. The average Bonchev–Trinajstić information content (AvgIpc) is 3.47. The monoisotopic (exact) mass is 437 g/mol. The number of rotatable bonds is 6. The summed E-state index contributed by atoms with van der Waals surface area (Å²) < 4.78 is 10.4. The minimum absolute atomic E-state index is 0.000904. The summed E-state index contributed by atoms with van der Waals surface area (Å²) in [6.45, 7) is 1.28. The number of phenolic OH excluding ortho intramolecular Hbond substituents is 1. The largest absolute Gasteiger partial charge is 0.507 e. The summed E-state index contributed by atoms with van der Waals surface area (Å²) in [5, 5.41) is 18.3. The summed E-state index contributed by atoms with van der Waals surface area (Å²) in [5.41, 5.74) is 2.93. The van der Waals surface area contributed by atoms with Gasteiger partial charge < -0.3 is 35.5 Å². The Kier molecular flexibility index (Phi) is 6.52. The van der Waals surface area contributed by atoms with Crippen molar-refractivity contribution in [1.29, 1.82) is 0 Å². The van der Waals surface area contributed by atoms with Crippen LogP contribution in [0.3, 0.4) is 0 Å². The van der Waals surface area contributed by atoms with Crippen molar-refractivity contribution in [2.75, 3.05) is 23.8 Å². The number of phenols is 1. The highest BCUT2D eigenvalue weighted by atomic mass is 16.6. The summed E-state index contributed by atoms with van der Waals surface area (Å²) in [6.07, 6.45) is 3.17. The number of aromatic amines is 1. The van der Waals surface area contributed by atoms with E-state index in [0.717, 1.165) is 5.56 Å². The van der Waals surface area contributed by atoms with Crippen LogP contribution in [-0.2, 0) is 16.0 Å². The number of carbonyl (C=O) groups is 2. The maximum Gasteiger partial charge on any atom is 0.407 e. The molecule has 1 aromatic heterocycles. The third kappa shape index (κ3) is 5.55. The van der Waals surface area contributed by atoms with Gasteiger partial charge in [-0.1, -0.05) is 12.1 Å². The highest BCUT2D eigenvalue weighted by molar-refractivity contribution is 6.00. The molecule has 2 aromatic carbocycles. The summed E-state index contributed by atoms with van der Waals surface area (Å²) in [5.74, 6) is -0.000904. The van der Waals surface area contributed by atoms with Crippen molar-refractivity contribution in [2.24, 2.45) is 0 Å². The number of urea groups is 1. The van der Waals surface area contributed by atoms with Crippen molar-refractivity contribution in [1.82, 2.24) is 15.3 Å². The zero-order chi connectivity index (χ0) is 22.3. The number of anilines is 2. The average molecular weight is 437 g/mol. The number of hydrogen-bond acceptors (Lipinski definition) is 6. The number of imidazole rings is 1. The van der Waals surface area contributed by atoms with E-state index < -0.39 is 12.1 Å². The number of H-pyrrole nitrogens is 1. The summed E-state index contributed by atoms with van der Waals surface area (Å²) in [6, 6.07) is 11.4. The maximum absolute atomic E-state index is 12.4. The first kappa shape index (κ1) is 21.2. The van der Waals surface area contributed by atoms with E-state index in [1.54, 1.807) is 36.5 Å². The van der Waals surface area contributed by atoms with E-state index in [9.17, 15) is 14.7 Å². The molecule has 3 amide bonds. The predicted molar refractivity (Wildman–Crippen MR) is 117 cm³/mol. The van der Waals surface area contributed by atoms with E-state index in [1.165, 1.54) is 12.4 Å². The molecule has 1 fully saturated rings. The molecule has 1 aliphatic rings. The van der Waals surface area contributed by atoms with Gasteiger partial charge in [0.15, 0.2) is 0 Å². The van der Waals surface area contributed by atoms with Gasteiger partial charge in [0.25, 0.3) is 0 Å². The van der Waals surface area contributed by atoms with Crippen LogP contribution < -0.4 is 16.0 Å². The second kappa shape index (κ2) is 9.84. The molecule has 5 N–H and O–H groups in total. The minimum Gasteiger partial charge on any atom is -0.507 e. The first-order valence-corrected chi connectivity index (χ1v) is 10.1. The van der Waals surface area contributed by atoms with Gasteiger partial charge in [0.05, 0.1) is 25.2 Å². The lowest BCUT2D eigenvalue weighted by Gasteiger charge is -2.12. The molecule has 10 heteroatoms. The molecule has 3 aromatic rings. The van der Waals surface area contributed by atoms with Crippen molar-refractivity contribution < 1.29 is 24.2 Å². The molecule has 1 saturated heterocycles. The molecule has 0 aliphatic carbocycles. The predicted octanol–water partition coefficient (Wildman–Crippen LogP) is 3.44. The Labute approximate surface area is 184 Å². The Morgan fingerprint density at radius 1 is 1.19 bits per heavy atom. The summed E-state index contributed by atoms with van der Waals surface area (Å²) >= 11 is 0. The van der Waals surface area contributed by atoms with Gasteiger partial charge in [-0.2, -0.15) is 0 Å². The Hall–Kier alpha value is -4.05. The molecule has 0 radical (unpaired) electrons. The lowest BCUT2D eigenvalue weighted by Crippen LogP contribution is -2.28. The Morgan fingerprint density at radius 3 is 2.75 bits per heavy atom. The zero-order valence-corrected chi connectivity index (χ0v) is 17.1. The minimum atomic E-state index is -0.505. The molecule has 32 heavy (non-hydrogen) atoms. The first-order valence-electron chi connectivity index (χ1n) is 10.1. The molecule has 4 rings (SSSR count). The molecular formula is C22H23N5O5.